The fourth-order valence-corrected chi connectivity index (χ4v) is 1.66. The van der Waals surface area contributed by atoms with E-state index in [-0.39, 0.29) is 18.0 Å². The van der Waals surface area contributed by atoms with Gasteiger partial charge in [-0.3, -0.25) is 4.79 Å². The minimum atomic E-state index is -0.573. The van der Waals surface area contributed by atoms with Gasteiger partial charge in [0, 0.05) is 6.54 Å². The number of nitrogens with zero attached hydrogens (tertiary/aromatic N) is 3. The topological polar surface area (TPSA) is 92.9 Å². The average Bonchev–Trinajstić information content (AvgIpc) is 2.89. The van der Waals surface area contributed by atoms with Crippen molar-refractivity contribution < 1.29 is 13.7 Å². The Morgan fingerprint density at radius 1 is 1.48 bits per heavy atom. The van der Waals surface area contributed by atoms with Crippen molar-refractivity contribution in [2.45, 2.75) is 26.8 Å². The van der Waals surface area contributed by atoms with Crippen molar-refractivity contribution in [2.75, 3.05) is 11.9 Å². The lowest BCUT2D eigenvalue weighted by Crippen LogP contribution is -2.25. The molecule has 2 aromatic rings. The third-order valence-corrected chi connectivity index (χ3v) is 2.61. The summed E-state index contributed by atoms with van der Waals surface area (Å²) in [5.41, 5.74) is 0.139. The van der Waals surface area contributed by atoms with Gasteiger partial charge in [0.1, 0.15) is 11.6 Å². The van der Waals surface area contributed by atoms with Crippen LogP contribution in [0, 0.1) is 12.7 Å². The Kier molecular flexibility index (Phi) is 4.81. The first-order valence-electron chi connectivity index (χ1n) is 6.57. The highest BCUT2D eigenvalue weighted by molar-refractivity contribution is 5.98. The van der Waals surface area contributed by atoms with Crippen molar-refractivity contribution in [2.24, 2.45) is 0 Å². The molecule has 0 aromatic carbocycles. The highest BCUT2D eigenvalue weighted by atomic mass is 19.1. The number of halogens is 1. The van der Waals surface area contributed by atoms with Crippen LogP contribution in [0.4, 0.5) is 10.2 Å². The highest BCUT2D eigenvalue weighted by Gasteiger charge is 2.15. The van der Waals surface area contributed by atoms with Gasteiger partial charge in [0.25, 0.3) is 5.91 Å². The molecule has 112 valence electrons. The van der Waals surface area contributed by atoms with Crippen LogP contribution in [0.5, 0.6) is 0 Å². The number of hydrogen-bond donors (Lipinski definition) is 2. The van der Waals surface area contributed by atoms with Crippen molar-refractivity contribution in [1.29, 1.82) is 0 Å². The van der Waals surface area contributed by atoms with Crippen LogP contribution in [0.2, 0.25) is 0 Å². The molecular weight excluding hydrogens is 277 g/mol. The van der Waals surface area contributed by atoms with Crippen molar-refractivity contribution in [3.8, 4) is 0 Å². The van der Waals surface area contributed by atoms with Crippen molar-refractivity contribution in [3.63, 3.8) is 0 Å². The van der Waals surface area contributed by atoms with E-state index in [1.54, 1.807) is 6.92 Å². The molecular formula is C13H16FN5O2. The van der Waals surface area contributed by atoms with E-state index in [1.165, 1.54) is 0 Å². The number of aryl methyl sites for hydroxylation is 1. The molecule has 8 heteroatoms. The maximum Gasteiger partial charge on any atom is 0.255 e. The number of rotatable bonds is 6. The summed E-state index contributed by atoms with van der Waals surface area (Å²) in [5, 5.41) is 9.19. The van der Waals surface area contributed by atoms with E-state index in [2.05, 4.69) is 25.8 Å². The zero-order valence-corrected chi connectivity index (χ0v) is 11.8. The van der Waals surface area contributed by atoms with Crippen LogP contribution >= 0.6 is 0 Å². The second-order valence-electron chi connectivity index (χ2n) is 4.39. The second-order valence-corrected chi connectivity index (χ2v) is 4.39. The van der Waals surface area contributed by atoms with E-state index < -0.39 is 11.7 Å². The first-order chi connectivity index (χ1) is 10.1. The SMILES string of the molecule is CCCNc1ncc(F)cc1C(=O)NCc1nc(C)no1. The average molecular weight is 293 g/mol. The highest BCUT2D eigenvalue weighted by Crippen LogP contribution is 2.14. The summed E-state index contributed by atoms with van der Waals surface area (Å²) in [5.74, 6) is 0.0787. The van der Waals surface area contributed by atoms with Gasteiger partial charge < -0.3 is 15.2 Å². The lowest BCUT2D eigenvalue weighted by molar-refractivity contribution is 0.0946. The molecule has 0 spiro atoms. The summed E-state index contributed by atoms with van der Waals surface area (Å²) < 4.78 is 18.2. The molecule has 0 aliphatic carbocycles. The van der Waals surface area contributed by atoms with E-state index in [0.29, 0.717) is 18.2 Å². The molecule has 0 saturated carbocycles. The fourth-order valence-electron chi connectivity index (χ4n) is 1.66. The zero-order chi connectivity index (χ0) is 15.2. The maximum absolute atomic E-state index is 13.3. The first-order valence-corrected chi connectivity index (χ1v) is 6.57. The number of anilines is 1. The monoisotopic (exact) mass is 293 g/mol. The molecule has 0 aliphatic rings. The molecule has 21 heavy (non-hydrogen) atoms. The molecule has 1 amide bonds. The number of carbonyl (C=O) groups excluding carboxylic acids is 1. The molecule has 0 radical (unpaired) electrons. The molecule has 0 unspecified atom stereocenters. The molecule has 0 aliphatic heterocycles. The van der Waals surface area contributed by atoms with Gasteiger partial charge in [-0.1, -0.05) is 12.1 Å². The number of amides is 1. The van der Waals surface area contributed by atoms with Crippen LogP contribution in [0.3, 0.4) is 0 Å². The molecule has 2 rings (SSSR count). The van der Waals surface area contributed by atoms with E-state index in [4.69, 9.17) is 4.52 Å². The first kappa shape index (κ1) is 14.9. The third-order valence-electron chi connectivity index (χ3n) is 2.61. The van der Waals surface area contributed by atoms with Crippen LogP contribution in [-0.2, 0) is 6.54 Å². The number of carbonyl (C=O) groups is 1. The number of pyridine rings is 1. The lowest BCUT2D eigenvalue weighted by atomic mass is 10.2. The molecule has 0 atom stereocenters. The van der Waals surface area contributed by atoms with Crippen LogP contribution < -0.4 is 10.6 Å². The zero-order valence-electron chi connectivity index (χ0n) is 11.8. The largest absolute Gasteiger partial charge is 0.369 e. The van der Waals surface area contributed by atoms with Crippen molar-refractivity contribution in [3.05, 3.63) is 35.4 Å². The minimum Gasteiger partial charge on any atom is -0.369 e. The Labute approximate surface area is 121 Å². The summed E-state index contributed by atoms with van der Waals surface area (Å²) in [6, 6.07) is 1.14. The molecule has 2 heterocycles. The molecule has 2 N–H and O–H groups in total. The molecule has 7 nitrogen and oxygen atoms in total. The predicted octanol–water partition coefficient (Wildman–Crippen LogP) is 1.66. The minimum absolute atomic E-state index is 0.0728. The number of nitrogens with one attached hydrogen (secondary N) is 2. The Bertz CT molecular complexity index is 629. The molecule has 2 aromatic heterocycles. The summed E-state index contributed by atoms with van der Waals surface area (Å²) in [6.07, 6.45) is 1.93. The van der Waals surface area contributed by atoms with Gasteiger partial charge in [0.2, 0.25) is 5.89 Å². The molecule has 0 bridgehead atoms. The maximum atomic E-state index is 13.3. The summed E-state index contributed by atoms with van der Waals surface area (Å²) in [6.45, 7) is 4.37. The smallest absolute Gasteiger partial charge is 0.255 e. The van der Waals surface area contributed by atoms with Crippen molar-refractivity contribution in [1.82, 2.24) is 20.4 Å². The number of aromatic nitrogens is 3. The Balaban J connectivity index is 2.08. The standard InChI is InChI=1S/C13H16FN5O2/c1-3-4-15-12-10(5-9(14)6-16-12)13(20)17-7-11-18-8(2)19-21-11/h5-6H,3-4,7H2,1-2H3,(H,15,16)(H,17,20). The van der Waals surface area contributed by atoms with Crippen LogP contribution in [0.1, 0.15) is 35.4 Å². The van der Waals surface area contributed by atoms with Gasteiger partial charge in [-0.25, -0.2) is 9.37 Å². The van der Waals surface area contributed by atoms with Gasteiger partial charge >= 0.3 is 0 Å². The van der Waals surface area contributed by atoms with Gasteiger partial charge in [0.05, 0.1) is 18.3 Å². The number of hydrogen-bond acceptors (Lipinski definition) is 6. The Hall–Kier alpha value is -2.51. The Morgan fingerprint density at radius 2 is 2.29 bits per heavy atom. The van der Waals surface area contributed by atoms with Crippen LogP contribution in [0.15, 0.2) is 16.8 Å². The van der Waals surface area contributed by atoms with Gasteiger partial charge in [-0.2, -0.15) is 4.98 Å². The summed E-state index contributed by atoms with van der Waals surface area (Å²) >= 11 is 0. The van der Waals surface area contributed by atoms with E-state index in [0.717, 1.165) is 18.7 Å². The Morgan fingerprint density at radius 3 is 2.95 bits per heavy atom. The normalized spacial score (nSPS) is 10.4. The summed E-state index contributed by atoms with van der Waals surface area (Å²) in [7, 11) is 0. The molecule has 0 fully saturated rings. The quantitative estimate of drug-likeness (QED) is 0.841. The predicted molar refractivity (Wildman–Crippen MR) is 73.2 cm³/mol. The van der Waals surface area contributed by atoms with Crippen LogP contribution in [-0.4, -0.2) is 27.6 Å². The second kappa shape index (κ2) is 6.78. The lowest BCUT2D eigenvalue weighted by Gasteiger charge is -2.10. The van der Waals surface area contributed by atoms with Crippen molar-refractivity contribution >= 4 is 11.7 Å². The van der Waals surface area contributed by atoms with Gasteiger partial charge in [-0.15, -0.1) is 0 Å². The van der Waals surface area contributed by atoms with E-state index >= 15 is 0 Å². The molecule has 0 saturated heterocycles. The summed E-state index contributed by atoms with van der Waals surface area (Å²) in [4.78, 5) is 20.0. The van der Waals surface area contributed by atoms with E-state index in [9.17, 15) is 9.18 Å². The van der Waals surface area contributed by atoms with Gasteiger partial charge in [0.15, 0.2) is 5.82 Å². The fraction of sp³-hybridized carbons (Fsp3) is 0.385. The third kappa shape index (κ3) is 3.98. The van der Waals surface area contributed by atoms with E-state index in [1.807, 2.05) is 6.92 Å². The van der Waals surface area contributed by atoms with Gasteiger partial charge in [-0.05, 0) is 19.4 Å². The van der Waals surface area contributed by atoms with Crippen LogP contribution in [0.25, 0.3) is 0 Å².